The molecule has 2 N–H and O–H groups in total. The first-order valence-corrected chi connectivity index (χ1v) is 6.70. The fourth-order valence-corrected chi connectivity index (χ4v) is 1.76. The van der Waals surface area contributed by atoms with E-state index in [9.17, 15) is 9.59 Å². The summed E-state index contributed by atoms with van der Waals surface area (Å²) in [7, 11) is 1.32. The number of anilines is 1. The Morgan fingerprint density at radius 2 is 2.05 bits per heavy atom. The van der Waals surface area contributed by atoms with E-state index < -0.39 is 5.97 Å². The van der Waals surface area contributed by atoms with Crippen molar-refractivity contribution in [3.05, 3.63) is 29.3 Å². The molecule has 0 aliphatic heterocycles. The maximum Gasteiger partial charge on any atom is 0.339 e. The van der Waals surface area contributed by atoms with Crippen molar-refractivity contribution in [2.45, 2.75) is 20.8 Å². The zero-order valence-electron chi connectivity index (χ0n) is 12.4. The van der Waals surface area contributed by atoms with Gasteiger partial charge in [0.15, 0.2) is 0 Å². The smallest absolute Gasteiger partial charge is 0.339 e. The van der Waals surface area contributed by atoms with Crippen LogP contribution in [0, 0.1) is 12.8 Å². The van der Waals surface area contributed by atoms with Gasteiger partial charge >= 0.3 is 5.97 Å². The number of aryl methyl sites for hydroxylation is 1. The van der Waals surface area contributed by atoms with Gasteiger partial charge in [0.2, 0.25) is 5.91 Å². The maximum atomic E-state index is 12.1. The number of hydrogen-bond acceptors (Lipinski definition) is 4. The van der Waals surface area contributed by atoms with E-state index in [-0.39, 0.29) is 11.8 Å². The van der Waals surface area contributed by atoms with Gasteiger partial charge in [0, 0.05) is 12.5 Å². The van der Waals surface area contributed by atoms with Crippen LogP contribution >= 0.6 is 0 Å². The fraction of sp³-hybridized carbons (Fsp3) is 0.467. The van der Waals surface area contributed by atoms with Crippen molar-refractivity contribution >= 4 is 17.6 Å². The Morgan fingerprint density at radius 1 is 1.35 bits per heavy atom. The second-order valence-corrected chi connectivity index (χ2v) is 4.74. The Morgan fingerprint density at radius 3 is 2.65 bits per heavy atom. The average Bonchev–Trinajstić information content (AvgIpc) is 2.45. The molecule has 0 aliphatic rings. The van der Waals surface area contributed by atoms with Gasteiger partial charge in [-0.25, -0.2) is 4.79 Å². The van der Waals surface area contributed by atoms with Gasteiger partial charge in [0.1, 0.15) is 0 Å². The summed E-state index contributed by atoms with van der Waals surface area (Å²) in [6.45, 7) is 7.12. The Labute approximate surface area is 119 Å². The summed E-state index contributed by atoms with van der Waals surface area (Å²) in [5, 5.41) is 5.90. The van der Waals surface area contributed by atoms with E-state index in [0.29, 0.717) is 17.8 Å². The SMILES string of the molecule is CCNCC(C)C(=O)Nc1ccc(C)cc1C(=O)OC. The third kappa shape index (κ3) is 4.35. The van der Waals surface area contributed by atoms with Gasteiger partial charge in [0.05, 0.1) is 18.4 Å². The Bertz CT molecular complexity index is 486. The molecule has 20 heavy (non-hydrogen) atoms. The van der Waals surface area contributed by atoms with Gasteiger partial charge < -0.3 is 15.4 Å². The molecule has 0 aromatic heterocycles. The number of esters is 1. The first-order chi connectivity index (χ1) is 9.49. The zero-order valence-corrected chi connectivity index (χ0v) is 12.4. The summed E-state index contributed by atoms with van der Waals surface area (Å²) in [6, 6.07) is 5.27. The van der Waals surface area contributed by atoms with Crippen molar-refractivity contribution in [3.8, 4) is 0 Å². The number of benzene rings is 1. The summed E-state index contributed by atoms with van der Waals surface area (Å²) in [4.78, 5) is 23.8. The van der Waals surface area contributed by atoms with Crippen LogP contribution in [0.25, 0.3) is 0 Å². The van der Waals surface area contributed by atoms with Gasteiger partial charge in [0.25, 0.3) is 0 Å². The molecule has 5 nitrogen and oxygen atoms in total. The number of carbonyl (C=O) groups excluding carboxylic acids is 2. The first kappa shape index (κ1) is 16.2. The molecule has 1 atom stereocenters. The lowest BCUT2D eigenvalue weighted by molar-refractivity contribution is -0.119. The standard InChI is InChI=1S/C15H22N2O3/c1-5-16-9-11(3)14(18)17-13-7-6-10(2)8-12(13)15(19)20-4/h6-8,11,16H,5,9H2,1-4H3,(H,17,18). The molecule has 5 heteroatoms. The topological polar surface area (TPSA) is 67.4 Å². The molecule has 0 heterocycles. The van der Waals surface area contributed by atoms with Crippen molar-refractivity contribution in [2.75, 3.05) is 25.5 Å². The lowest BCUT2D eigenvalue weighted by Gasteiger charge is -2.15. The number of amides is 1. The molecule has 0 spiro atoms. The molecular weight excluding hydrogens is 256 g/mol. The van der Waals surface area contributed by atoms with Gasteiger partial charge in [-0.2, -0.15) is 0 Å². The first-order valence-electron chi connectivity index (χ1n) is 6.70. The van der Waals surface area contributed by atoms with E-state index in [1.54, 1.807) is 12.1 Å². The molecule has 0 saturated heterocycles. The molecule has 110 valence electrons. The van der Waals surface area contributed by atoms with Crippen molar-refractivity contribution in [1.82, 2.24) is 5.32 Å². The molecule has 0 radical (unpaired) electrons. The van der Waals surface area contributed by atoms with E-state index in [1.807, 2.05) is 26.8 Å². The lowest BCUT2D eigenvalue weighted by Crippen LogP contribution is -2.30. The van der Waals surface area contributed by atoms with E-state index in [4.69, 9.17) is 4.74 Å². The molecule has 0 bridgehead atoms. The minimum Gasteiger partial charge on any atom is -0.465 e. The molecule has 0 fully saturated rings. The zero-order chi connectivity index (χ0) is 15.1. The van der Waals surface area contributed by atoms with Crippen molar-refractivity contribution in [1.29, 1.82) is 0 Å². The highest BCUT2D eigenvalue weighted by Crippen LogP contribution is 2.19. The fourth-order valence-electron chi connectivity index (χ4n) is 1.76. The van der Waals surface area contributed by atoms with Gasteiger partial charge in [-0.1, -0.05) is 25.5 Å². The molecule has 1 aromatic carbocycles. The number of methoxy groups -OCH3 is 1. The lowest BCUT2D eigenvalue weighted by atomic mass is 10.1. The number of rotatable bonds is 6. The predicted octanol–water partition coefficient (Wildman–Crippen LogP) is 1.97. The summed E-state index contributed by atoms with van der Waals surface area (Å²) < 4.78 is 4.74. The van der Waals surface area contributed by atoms with Gasteiger partial charge in [-0.3, -0.25) is 4.79 Å². The van der Waals surface area contributed by atoms with Crippen molar-refractivity contribution in [2.24, 2.45) is 5.92 Å². The average molecular weight is 278 g/mol. The second-order valence-electron chi connectivity index (χ2n) is 4.74. The van der Waals surface area contributed by atoms with Crippen LogP contribution in [-0.2, 0) is 9.53 Å². The van der Waals surface area contributed by atoms with Crippen LogP contribution in [0.2, 0.25) is 0 Å². The van der Waals surface area contributed by atoms with Crippen molar-refractivity contribution < 1.29 is 14.3 Å². The second kappa shape index (κ2) is 7.65. The van der Waals surface area contributed by atoms with Crippen LogP contribution in [0.4, 0.5) is 5.69 Å². The van der Waals surface area contributed by atoms with E-state index >= 15 is 0 Å². The van der Waals surface area contributed by atoms with Crippen LogP contribution < -0.4 is 10.6 Å². The number of ether oxygens (including phenoxy) is 1. The molecule has 0 aliphatic carbocycles. The highest BCUT2D eigenvalue weighted by atomic mass is 16.5. The minimum absolute atomic E-state index is 0.125. The molecular formula is C15H22N2O3. The van der Waals surface area contributed by atoms with E-state index in [2.05, 4.69) is 10.6 Å². The van der Waals surface area contributed by atoms with Crippen LogP contribution in [0.3, 0.4) is 0 Å². The van der Waals surface area contributed by atoms with Crippen LogP contribution in [0.1, 0.15) is 29.8 Å². The van der Waals surface area contributed by atoms with Crippen LogP contribution in [0.15, 0.2) is 18.2 Å². The summed E-state index contributed by atoms with van der Waals surface area (Å²) in [5.41, 5.74) is 1.79. The number of nitrogens with one attached hydrogen (secondary N) is 2. The summed E-state index contributed by atoms with van der Waals surface area (Å²) in [5.74, 6) is -0.759. The Hall–Kier alpha value is -1.88. The molecule has 0 saturated carbocycles. The highest BCUT2D eigenvalue weighted by Gasteiger charge is 2.17. The van der Waals surface area contributed by atoms with E-state index in [1.165, 1.54) is 7.11 Å². The number of carbonyl (C=O) groups is 2. The molecule has 1 amide bonds. The maximum absolute atomic E-state index is 12.1. The largest absolute Gasteiger partial charge is 0.465 e. The Kier molecular flexibility index (Phi) is 6.18. The summed E-state index contributed by atoms with van der Waals surface area (Å²) >= 11 is 0. The van der Waals surface area contributed by atoms with E-state index in [0.717, 1.165) is 12.1 Å². The normalized spacial score (nSPS) is 11.8. The predicted molar refractivity (Wildman–Crippen MR) is 78.9 cm³/mol. The third-order valence-corrected chi connectivity index (χ3v) is 2.99. The minimum atomic E-state index is -0.455. The molecule has 1 rings (SSSR count). The molecule has 1 unspecified atom stereocenters. The highest BCUT2D eigenvalue weighted by molar-refractivity contribution is 6.02. The van der Waals surface area contributed by atoms with Gasteiger partial charge in [-0.05, 0) is 25.6 Å². The Balaban J connectivity index is 2.86. The number of hydrogen-bond donors (Lipinski definition) is 2. The molecule has 1 aromatic rings. The third-order valence-electron chi connectivity index (χ3n) is 2.99. The van der Waals surface area contributed by atoms with Crippen molar-refractivity contribution in [3.63, 3.8) is 0 Å². The van der Waals surface area contributed by atoms with Crippen LogP contribution in [0.5, 0.6) is 0 Å². The van der Waals surface area contributed by atoms with Crippen LogP contribution in [-0.4, -0.2) is 32.1 Å². The summed E-state index contributed by atoms with van der Waals surface area (Å²) in [6.07, 6.45) is 0. The van der Waals surface area contributed by atoms with Gasteiger partial charge in [-0.15, -0.1) is 0 Å². The monoisotopic (exact) mass is 278 g/mol. The quantitative estimate of drug-likeness (QED) is 0.781.